The molecule has 5 heteroatoms. The van der Waals surface area contributed by atoms with Gasteiger partial charge in [-0.1, -0.05) is 48.5 Å². The quantitative estimate of drug-likeness (QED) is 0.760. The molecule has 2 heterocycles. The van der Waals surface area contributed by atoms with E-state index in [1.807, 2.05) is 12.1 Å². The lowest BCUT2D eigenvalue weighted by molar-refractivity contribution is 0.0693. The van der Waals surface area contributed by atoms with E-state index in [0.717, 1.165) is 38.0 Å². The van der Waals surface area contributed by atoms with E-state index in [0.29, 0.717) is 30.0 Å². The van der Waals surface area contributed by atoms with Gasteiger partial charge in [0.15, 0.2) is 0 Å². The number of carboxylic acid groups (broad SMARTS) is 1. The minimum Gasteiger partial charge on any atom is -0.478 e. The Balaban J connectivity index is 1.37. The van der Waals surface area contributed by atoms with Crippen LogP contribution < -0.4 is 10.9 Å². The topological polar surface area (TPSA) is 64.6 Å². The van der Waals surface area contributed by atoms with E-state index in [1.54, 1.807) is 12.1 Å². The maximum atomic E-state index is 11.4. The fraction of sp³-hybridized carbons (Fsp3) is 0.409. The highest BCUT2D eigenvalue weighted by molar-refractivity contribution is 5.89. The van der Waals surface area contributed by atoms with Gasteiger partial charge < -0.3 is 5.11 Å². The fourth-order valence-electron chi connectivity index (χ4n) is 4.56. The van der Waals surface area contributed by atoms with E-state index in [9.17, 15) is 9.90 Å². The largest absolute Gasteiger partial charge is 0.478 e. The lowest BCUT2D eigenvalue weighted by Gasteiger charge is -2.36. The number of carboxylic acids is 1. The number of benzene rings is 2. The highest BCUT2D eigenvalue weighted by Gasteiger charge is 2.36. The Kier molecular flexibility index (Phi) is 5.53. The molecule has 2 aromatic rings. The minimum absolute atomic E-state index is 0.422. The number of aromatic carboxylic acids is 1. The van der Waals surface area contributed by atoms with Gasteiger partial charge in [-0.3, -0.25) is 15.8 Å². The van der Waals surface area contributed by atoms with Crippen LogP contribution in [0.2, 0.25) is 0 Å². The van der Waals surface area contributed by atoms with Crippen LogP contribution in [0.5, 0.6) is 0 Å². The van der Waals surface area contributed by atoms with Crippen molar-refractivity contribution in [1.82, 2.24) is 15.8 Å². The van der Waals surface area contributed by atoms with Crippen molar-refractivity contribution in [2.45, 2.75) is 31.3 Å². The Labute approximate surface area is 160 Å². The van der Waals surface area contributed by atoms with Crippen molar-refractivity contribution < 1.29 is 9.90 Å². The number of nitrogens with zero attached hydrogens (tertiary/aromatic N) is 1. The van der Waals surface area contributed by atoms with Crippen LogP contribution in [-0.2, 0) is 6.54 Å². The maximum absolute atomic E-state index is 11.4. The van der Waals surface area contributed by atoms with E-state index in [1.165, 1.54) is 5.56 Å². The predicted octanol–water partition coefficient (Wildman–Crippen LogP) is 2.86. The van der Waals surface area contributed by atoms with Gasteiger partial charge in [0, 0.05) is 25.0 Å². The molecule has 0 saturated carbocycles. The van der Waals surface area contributed by atoms with Crippen LogP contribution in [0.4, 0.5) is 0 Å². The maximum Gasteiger partial charge on any atom is 0.336 e. The summed E-state index contributed by atoms with van der Waals surface area (Å²) in [6.45, 7) is 3.71. The predicted molar refractivity (Wildman–Crippen MR) is 106 cm³/mol. The summed E-state index contributed by atoms with van der Waals surface area (Å²) in [4.78, 5) is 13.8. The molecule has 27 heavy (non-hydrogen) atoms. The van der Waals surface area contributed by atoms with Crippen LogP contribution in [0.3, 0.4) is 0 Å². The Morgan fingerprint density at radius 2 is 1.74 bits per heavy atom. The molecule has 0 aromatic heterocycles. The Bertz CT molecular complexity index is 772. The third-order valence-electron chi connectivity index (χ3n) is 6.03. The van der Waals surface area contributed by atoms with Gasteiger partial charge in [-0.15, -0.1) is 0 Å². The second-order valence-corrected chi connectivity index (χ2v) is 7.64. The van der Waals surface area contributed by atoms with Gasteiger partial charge in [-0.25, -0.2) is 4.79 Å². The normalized spacial score (nSPS) is 24.1. The first-order chi connectivity index (χ1) is 13.2. The van der Waals surface area contributed by atoms with Gasteiger partial charge in [-0.2, -0.15) is 0 Å². The molecule has 2 saturated heterocycles. The summed E-state index contributed by atoms with van der Waals surface area (Å²) >= 11 is 0. The lowest BCUT2D eigenvalue weighted by Crippen LogP contribution is -2.44. The molecular weight excluding hydrogens is 338 g/mol. The number of likely N-dealkylation sites (tertiary alicyclic amines) is 1. The number of carbonyl (C=O) groups is 1. The van der Waals surface area contributed by atoms with Crippen LogP contribution in [0.15, 0.2) is 54.6 Å². The smallest absolute Gasteiger partial charge is 0.336 e. The Hall–Kier alpha value is -2.21. The molecule has 2 aliphatic rings. The molecular formula is C22H27N3O2. The summed E-state index contributed by atoms with van der Waals surface area (Å²) in [6.07, 6.45) is 2.27. The third kappa shape index (κ3) is 4.05. The van der Waals surface area contributed by atoms with Gasteiger partial charge >= 0.3 is 5.97 Å². The van der Waals surface area contributed by atoms with E-state index < -0.39 is 5.97 Å². The van der Waals surface area contributed by atoms with Gasteiger partial charge in [0.1, 0.15) is 0 Å². The van der Waals surface area contributed by atoms with Crippen LogP contribution in [0.1, 0.15) is 40.2 Å². The summed E-state index contributed by atoms with van der Waals surface area (Å²) in [6, 6.07) is 18.6. The Morgan fingerprint density at radius 3 is 2.48 bits per heavy atom. The van der Waals surface area contributed by atoms with Crippen molar-refractivity contribution in [3.05, 3.63) is 71.3 Å². The van der Waals surface area contributed by atoms with Crippen LogP contribution in [-0.4, -0.2) is 41.7 Å². The van der Waals surface area contributed by atoms with Crippen LogP contribution in [0, 0.1) is 5.92 Å². The standard InChI is InChI=1S/C22H27N3O2/c26-22(27)19-9-5-4-8-18(19)15-25-12-10-17(11-13-25)21-20(14-23-24-21)16-6-2-1-3-7-16/h1-9,17,20-21,23-24H,10-15H2,(H,26,27). The first-order valence-electron chi connectivity index (χ1n) is 9.79. The number of rotatable bonds is 5. The van der Waals surface area contributed by atoms with Gasteiger partial charge in [0.25, 0.3) is 0 Å². The van der Waals surface area contributed by atoms with E-state index >= 15 is 0 Å². The molecule has 2 unspecified atom stereocenters. The molecule has 0 amide bonds. The van der Waals surface area contributed by atoms with Gasteiger partial charge in [0.2, 0.25) is 0 Å². The van der Waals surface area contributed by atoms with E-state index in [2.05, 4.69) is 46.1 Å². The molecule has 4 rings (SSSR count). The minimum atomic E-state index is -0.840. The molecule has 2 fully saturated rings. The summed E-state index contributed by atoms with van der Waals surface area (Å²) < 4.78 is 0. The fourth-order valence-corrected chi connectivity index (χ4v) is 4.56. The van der Waals surface area contributed by atoms with Gasteiger partial charge in [-0.05, 0) is 49.0 Å². The van der Waals surface area contributed by atoms with E-state index in [-0.39, 0.29) is 0 Å². The number of hydrogen-bond donors (Lipinski definition) is 3. The number of piperidine rings is 1. The van der Waals surface area contributed by atoms with Gasteiger partial charge in [0.05, 0.1) is 5.56 Å². The van der Waals surface area contributed by atoms with Crippen molar-refractivity contribution in [3.8, 4) is 0 Å². The summed E-state index contributed by atoms with van der Waals surface area (Å²) in [7, 11) is 0. The van der Waals surface area contributed by atoms with Crippen LogP contribution >= 0.6 is 0 Å². The zero-order valence-corrected chi connectivity index (χ0v) is 15.5. The zero-order valence-electron chi connectivity index (χ0n) is 15.5. The molecule has 2 atom stereocenters. The van der Waals surface area contributed by atoms with Crippen molar-refractivity contribution in [1.29, 1.82) is 0 Å². The number of nitrogens with one attached hydrogen (secondary N) is 2. The number of hydrazine groups is 1. The van der Waals surface area contributed by atoms with Crippen molar-refractivity contribution in [2.24, 2.45) is 5.92 Å². The molecule has 2 aliphatic heterocycles. The van der Waals surface area contributed by atoms with Crippen LogP contribution in [0.25, 0.3) is 0 Å². The lowest BCUT2D eigenvalue weighted by atomic mass is 9.80. The molecule has 0 aliphatic carbocycles. The molecule has 0 radical (unpaired) electrons. The summed E-state index contributed by atoms with van der Waals surface area (Å²) in [5.41, 5.74) is 9.61. The average molecular weight is 365 g/mol. The SMILES string of the molecule is O=C(O)c1ccccc1CN1CCC(C2NNCC2c2ccccc2)CC1. The monoisotopic (exact) mass is 365 g/mol. The van der Waals surface area contributed by atoms with Crippen molar-refractivity contribution in [2.75, 3.05) is 19.6 Å². The average Bonchev–Trinajstić information content (AvgIpc) is 3.19. The first-order valence-corrected chi connectivity index (χ1v) is 9.79. The molecule has 2 aromatic carbocycles. The first kappa shape index (κ1) is 18.2. The molecule has 3 N–H and O–H groups in total. The highest BCUT2D eigenvalue weighted by atomic mass is 16.4. The molecule has 0 spiro atoms. The van der Waals surface area contributed by atoms with Crippen molar-refractivity contribution >= 4 is 5.97 Å². The van der Waals surface area contributed by atoms with E-state index in [4.69, 9.17) is 0 Å². The molecule has 5 nitrogen and oxygen atoms in total. The zero-order chi connectivity index (χ0) is 18.6. The highest BCUT2D eigenvalue weighted by Crippen LogP contribution is 2.32. The second-order valence-electron chi connectivity index (χ2n) is 7.64. The summed E-state index contributed by atoms with van der Waals surface area (Å²) in [5, 5.41) is 9.38. The Morgan fingerprint density at radius 1 is 1.04 bits per heavy atom. The molecule has 0 bridgehead atoms. The third-order valence-corrected chi connectivity index (χ3v) is 6.03. The number of hydrogen-bond acceptors (Lipinski definition) is 4. The molecule has 142 valence electrons. The summed E-state index contributed by atoms with van der Waals surface area (Å²) in [5.74, 6) is 0.305. The second kappa shape index (κ2) is 8.21. The van der Waals surface area contributed by atoms with Crippen molar-refractivity contribution in [3.63, 3.8) is 0 Å².